The molecule has 0 saturated carbocycles. The number of carbonyl (C=O) groups is 2. The smallest absolute Gasteiger partial charge is 0.323 e. The molecule has 0 radical (unpaired) electrons. The molecule has 3 amide bonds. The van der Waals surface area contributed by atoms with Gasteiger partial charge in [0.25, 0.3) is 0 Å². The zero-order valence-corrected chi connectivity index (χ0v) is 15.9. The molecule has 1 aliphatic rings. The van der Waals surface area contributed by atoms with Crippen molar-refractivity contribution < 1.29 is 18.4 Å². The van der Waals surface area contributed by atoms with Gasteiger partial charge in [-0.25, -0.2) is 23.5 Å². The van der Waals surface area contributed by atoms with Crippen molar-refractivity contribution in [2.45, 2.75) is 6.42 Å². The number of nitrogens with one attached hydrogen (secondary N) is 2. The van der Waals surface area contributed by atoms with Gasteiger partial charge in [0.05, 0.1) is 17.8 Å². The third-order valence-electron chi connectivity index (χ3n) is 3.93. The van der Waals surface area contributed by atoms with Crippen molar-refractivity contribution in [3.63, 3.8) is 0 Å². The van der Waals surface area contributed by atoms with Crippen molar-refractivity contribution in [3.05, 3.63) is 46.3 Å². The van der Waals surface area contributed by atoms with Gasteiger partial charge >= 0.3 is 6.03 Å². The van der Waals surface area contributed by atoms with Crippen molar-refractivity contribution in [1.29, 1.82) is 0 Å². The fourth-order valence-electron chi connectivity index (χ4n) is 2.60. The fraction of sp³-hybridized carbons (Fsp3) is 0.176. The van der Waals surface area contributed by atoms with E-state index in [0.29, 0.717) is 40.3 Å². The van der Waals surface area contributed by atoms with Gasteiger partial charge in [0, 0.05) is 29.4 Å². The molecule has 0 aliphatic carbocycles. The Kier molecular flexibility index (Phi) is 5.01. The average Bonchev–Trinajstić information content (AvgIpc) is 3.39. The summed E-state index contributed by atoms with van der Waals surface area (Å²) in [5.41, 5.74) is 1.41. The van der Waals surface area contributed by atoms with Crippen molar-refractivity contribution in [1.82, 2.24) is 15.3 Å². The molecule has 7 nitrogen and oxygen atoms in total. The maximum Gasteiger partial charge on any atom is 0.323 e. The van der Waals surface area contributed by atoms with Gasteiger partial charge in [-0.1, -0.05) is 0 Å². The Morgan fingerprint density at radius 1 is 1.21 bits per heavy atom. The van der Waals surface area contributed by atoms with Crippen LogP contribution < -0.4 is 15.5 Å². The number of aromatic nitrogens is 2. The number of hydrogen-bond donors (Lipinski definition) is 2. The van der Waals surface area contributed by atoms with Crippen LogP contribution in [0.2, 0.25) is 0 Å². The van der Waals surface area contributed by atoms with E-state index in [1.807, 2.05) is 0 Å². The SMILES string of the molecule is O=C(Cc1csc(N2CCNC2=O)n1)Nc1nc(-c2ccc(F)c(F)c2)cs1. The number of nitrogens with zero attached hydrogens (tertiary/aromatic N) is 3. The van der Waals surface area contributed by atoms with Crippen LogP contribution in [0.1, 0.15) is 5.69 Å². The summed E-state index contributed by atoms with van der Waals surface area (Å²) in [5, 5.41) is 9.64. The molecule has 1 aromatic carbocycles. The average molecular weight is 421 g/mol. The van der Waals surface area contributed by atoms with Crippen molar-refractivity contribution in [3.8, 4) is 11.3 Å². The first kappa shape index (κ1) is 18.4. The van der Waals surface area contributed by atoms with E-state index in [-0.39, 0.29) is 18.4 Å². The van der Waals surface area contributed by atoms with Crippen LogP contribution in [0.4, 0.5) is 23.8 Å². The van der Waals surface area contributed by atoms with Gasteiger partial charge < -0.3 is 10.6 Å². The summed E-state index contributed by atoms with van der Waals surface area (Å²) in [6.45, 7) is 1.11. The molecule has 4 rings (SSSR count). The highest BCUT2D eigenvalue weighted by Crippen LogP contribution is 2.27. The number of hydrogen-bond acceptors (Lipinski definition) is 6. The molecule has 0 spiro atoms. The zero-order valence-electron chi connectivity index (χ0n) is 14.2. The molecule has 0 unspecified atom stereocenters. The highest BCUT2D eigenvalue weighted by Gasteiger charge is 2.24. The van der Waals surface area contributed by atoms with Crippen LogP contribution in [0.5, 0.6) is 0 Å². The lowest BCUT2D eigenvalue weighted by molar-refractivity contribution is -0.115. The van der Waals surface area contributed by atoms with Gasteiger partial charge in [-0.05, 0) is 18.2 Å². The van der Waals surface area contributed by atoms with Gasteiger partial charge in [0.1, 0.15) is 0 Å². The molecule has 1 saturated heterocycles. The summed E-state index contributed by atoms with van der Waals surface area (Å²) >= 11 is 2.48. The van der Waals surface area contributed by atoms with Crippen molar-refractivity contribution in [2.24, 2.45) is 0 Å². The first-order chi connectivity index (χ1) is 13.5. The number of rotatable bonds is 5. The van der Waals surface area contributed by atoms with Crippen LogP contribution in [-0.2, 0) is 11.2 Å². The molecule has 1 aliphatic heterocycles. The molecular formula is C17H13F2N5O2S2. The number of anilines is 2. The Hall–Kier alpha value is -2.92. The Morgan fingerprint density at radius 3 is 2.82 bits per heavy atom. The minimum Gasteiger partial charge on any atom is -0.336 e. The lowest BCUT2D eigenvalue weighted by atomic mass is 10.2. The first-order valence-corrected chi connectivity index (χ1v) is 9.96. The third-order valence-corrected chi connectivity index (χ3v) is 5.61. The van der Waals surface area contributed by atoms with E-state index < -0.39 is 11.6 Å². The molecule has 2 aromatic heterocycles. The fourth-order valence-corrected chi connectivity index (χ4v) is 4.19. The number of urea groups is 1. The van der Waals surface area contributed by atoms with E-state index in [9.17, 15) is 18.4 Å². The maximum absolute atomic E-state index is 13.4. The second-order valence-electron chi connectivity index (χ2n) is 5.90. The Morgan fingerprint density at radius 2 is 2.07 bits per heavy atom. The summed E-state index contributed by atoms with van der Waals surface area (Å²) in [6.07, 6.45) is 0.0338. The minimum absolute atomic E-state index is 0.0338. The van der Waals surface area contributed by atoms with Crippen LogP contribution in [-0.4, -0.2) is 35.0 Å². The molecule has 0 bridgehead atoms. The summed E-state index contributed by atoms with van der Waals surface area (Å²) in [4.78, 5) is 34.0. The maximum atomic E-state index is 13.4. The minimum atomic E-state index is -0.956. The molecular weight excluding hydrogens is 408 g/mol. The van der Waals surface area contributed by atoms with Crippen LogP contribution in [0.25, 0.3) is 11.3 Å². The normalized spacial score (nSPS) is 13.6. The topological polar surface area (TPSA) is 87.2 Å². The predicted molar refractivity (Wildman–Crippen MR) is 103 cm³/mol. The second-order valence-corrected chi connectivity index (χ2v) is 7.59. The molecule has 1 fully saturated rings. The third kappa shape index (κ3) is 3.85. The molecule has 28 heavy (non-hydrogen) atoms. The van der Waals surface area contributed by atoms with Gasteiger partial charge in [-0.2, -0.15) is 0 Å². The van der Waals surface area contributed by atoms with Crippen molar-refractivity contribution in [2.75, 3.05) is 23.3 Å². The molecule has 144 valence electrons. The highest BCUT2D eigenvalue weighted by atomic mass is 32.1. The highest BCUT2D eigenvalue weighted by molar-refractivity contribution is 7.14. The molecule has 11 heteroatoms. The predicted octanol–water partition coefficient (Wildman–Crippen LogP) is 3.26. The second kappa shape index (κ2) is 7.60. The lowest BCUT2D eigenvalue weighted by Crippen LogP contribution is -2.27. The van der Waals surface area contributed by atoms with Gasteiger partial charge in [-0.15, -0.1) is 22.7 Å². The number of benzene rings is 1. The zero-order chi connectivity index (χ0) is 19.7. The van der Waals surface area contributed by atoms with Gasteiger partial charge in [-0.3, -0.25) is 9.69 Å². The number of thiazole rings is 2. The quantitative estimate of drug-likeness (QED) is 0.662. The number of halogens is 2. The molecule has 0 atom stereocenters. The van der Waals surface area contributed by atoms with Crippen LogP contribution in [0, 0.1) is 11.6 Å². The summed E-state index contributed by atoms with van der Waals surface area (Å²) in [6, 6.07) is 3.31. The van der Waals surface area contributed by atoms with Crippen LogP contribution in [0.15, 0.2) is 29.0 Å². The largest absolute Gasteiger partial charge is 0.336 e. The molecule has 2 N–H and O–H groups in total. The van der Waals surface area contributed by atoms with E-state index >= 15 is 0 Å². The Labute approximate surface area is 166 Å². The van der Waals surface area contributed by atoms with Crippen molar-refractivity contribution >= 4 is 44.9 Å². The lowest BCUT2D eigenvalue weighted by Gasteiger charge is -2.08. The van der Waals surface area contributed by atoms with Gasteiger partial charge in [0.15, 0.2) is 21.9 Å². The van der Waals surface area contributed by atoms with E-state index in [1.54, 1.807) is 10.8 Å². The van der Waals surface area contributed by atoms with E-state index in [0.717, 1.165) is 12.1 Å². The monoisotopic (exact) mass is 421 g/mol. The first-order valence-electron chi connectivity index (χ1n) is 8.20. The van der Waals surface area contributed by atoms with E-state index in [2.05, 4.69) is 20.6 Å². The summed E-state index contributed by atoms with van der Waals surface area (Å²) in [7, 11) is 0. The number of carbonyl (C=O) groups excluding carboxylic acids is 2. The van der Waals surface area contributed by atoms with Crippen LogP contribution >= 0.6 is 22.7 Å². The number of amides is 3. The van der Waals surface area contributed by atoms with Crippen LogP contribution in [0.3, 0.4) is 0 Å². The molecule has 3 aromatic rings. The Balaban J connectivity index is 1.39. The standard InChI is InChI=1S/C17H13F2N5O2S2/c18-11-2-1-9(5-12(11)19)13-8-27-15(22-13)23-14(25)6-10-7-28-17(21-10)24-4-3-20-16(24)26/h1-2,5,7-8H,3-4,6H2,(H,20,26)(H,22,23,25). The Bertz CT molecular complexity index is 1050. The van der Waals surface area contributed by atoms with E-state index in [1.165, 1.54) is 33.6 Å². The summed E-state index contributed by atoms with van der Waals surface area (Å²) < 4.78 is 26.4. The van der Waals surface area contributed by atoms with E-state index in [4.69, 9.17) is 0 Å². The van der Waals surface area contributed by atoms with Gasteiger partial charge in [0.2, 0.25) is 5.91 Å². The summed E-state index contributed by atoms with van der Waals surface area (Å²) in [5.74, 6) is -2.20. The molecule has 3 heterocycles.